The topological polar surface area (TPSA) is 53.6 Å². The molecule has 3 aliphatic rings. The fourth-order valence-corrected chi connectivity index (χ4v) is 4.14. The van der Waals surface area contributed by atoms with Crippen molar-refractivity contribution in [1.29, 1.82) is 0 Å². The fraction of sp³-hybridized carbons (Fsp3) is 0.632. The summed E-state index contributed by atoms with van der Waals surface area (Å²) in [6.45, 7) is 6.71. The summed E-state index contributed by atoms with van der Waals surface area (Å²) in [5.74, 6) is 0.422. The first-order valence-electron chi connectivity index (χ1n) is 9.16. The van der Waals surface area contributed by atoms with Gasteiger partial charge in [-0.1, -0.05) is 12.1 Å². The Balaban J connectivity index is 1.30. The number of ether oxygens (including phenoxy) is 1. The lowest BCUT2D eigenvalue weighted by atomic mass is 9.92. The predicted molar refractivity (Wildman–Crippen MR) is 93.8 cm³/mol. The zero-order valence-corrected chi connectivity index (χ0v) is 14.2. The molecule has 1 spiro atoms. The Morgan fingerprint density at radius 1 is 1.21 bits per heavy atom. The van der Waals surface area contributed by atoms with Gasteiger partial charge in [-0.3, -0.25) is 9.69 Å². The number of carbonyl (C=O) groups excluding carboxylic acids is 1. The molecule has 1 amide bonds. The molecule has 130 valence electrons. The quantitative estimate of drug-likeness (QED) is 0.885. The van der Waals surface area contributed by atoms with Crippen molar-refractivity contribution in [2.45, 2.75) is 25.8 Å². The molecule has 3 fully saturated rings. The van der Waals surface area contributed by atoms with Crippen LogP contribution in [-0.2, 0) is 16.1 Å². The molecule has 5 nitrogen and oxygen atoms in total. The molecule has 2 heterocycles. The molecule has 0 bridgehead atoms. The van der Waals surface area contributed by atoms with Crippen LogP contribution in [0.2, 0.25) is 0 Å². The Morgan fingerprint density at radius 3 is 2.62 bits per heavy atom. The van der Waals surface area contributed by atoms with Crippen LogP contribution >= 0.6 is 0 Å². The number of carbonyl (C=O) groups is 1. The van der Waals surface area contributed by atoms with Crippen molar-refractivity contribution in [1.82, 2.24) is 10.2 Å². The molecule has 1 atom stereocenters. The SMILES string of the molecule is O=C(Nc1ccc(CN2CCOCC2)cc1)C1CC12CCNCC2. The minimum Gasteiger partial charge on any atom is -0.379 e. The van der Waals surface area contributed by atoms with E-state index in [9.17, 15) is 4.79 Å². The standard InChI is InChI=1S/C19H27N3O2/c23-18(17-13-19(17)5-7-20-8-6-19)21-16-3-1-15(2-4-16)14-22-9-11-24-12-10-22/h1-4,17,20H,5-14H2,(H,21,23). The molecule has 1 aliphatic carbocycles. The number of hydrogen-bond acceptors (Lipinski definition) is 4. The minimum absolute atomic E-state index is 0.206. The van der Waals surface area contributed by atoms with E-state index in [0.717, 1.165) is 70.9 Å². The van der Waals surface area contributed by atoms with Crippen molar-refractivity contribution in [3.8, 4) is 0 Å². The third-order valence-electron chi connectivity index (χ3n) is 5.84. The molecule has 2 N–H and O–H groups in total. The molecule has 1 unspecified atom stereocenters. The van der Waals surface area contributed by atoms with Gasteiger partial charge in [0.2, 0.25) is 5.91 Å². The van der Waals surface area contributed by atoms with E-state index in [2.05, 4.69) is 27.7 Å². The maximum Gasteiger partial charge on any atom is 0.228 e. The number of piperidine rings is 1. The molecule has 1 aromatic carbocycles. The summed E-state index contributed by atoms with van der Waals surface area (Å²) in [4.78, 5) is 14.9. The summed E-state index contributed by atoms with van der Waals surface area (Å²) in [5, 5.41) is 6.50. The summed E-state index contributed by atoms with van der Waals surface area (Å²) in [6.07, 6.45) is 3.35. The lowest BCUT2D eigenvalue weighted by Crippen LogP contribution is -2.35. The maximum absolute atomic E-state index is 12.5. The second-order valence-corrected chi connectivity index (χ2v) is 7.44. The van der Waals surface area contributed by atoms with Gasteiger partial charge in [-0.2, -0.15) is 0 Å². The Morgan fingerprint density at radius 2 is 1.92 bits per heavy atom. The van der Waals surface area contributed by atoms with Crippen molar-refractivity contribution < 1.29 is 9.53 Å². The second kappa shape index (κ2) is 6.82. The average Bonchev–Trinajstić information content (AvgIpc) is 3.31. The first-order chi connectivity index (χ1) is 11.8. The molecule has 2 saturated heterocycles. The minimum atomic E-state index is 0.206. The summed E-state index contributed by atoms with van der Waals surface area (Å²) in [6, 6.07) is 8.31. The van der Waals surface area contributed by atoms with E-state index in [1.165, 1.54) is 5.56 Å². The predicted octanol–water partition coefficient (Wildman–Crippen LogP) is 1.85. The lowest BCUT2D eigenvalue weighted by molar-refractivity contribution is -0.118. The number of hydrogen-bond donors (Lipinski definition) is 2. The van der Waals surface area contributed by atoms with Crippen molar-refractivity contribution in [3.63, 3.8) is 0 Å². The van der Waals surface area contributed by atoms with Crippen LogP contribution in [0.4, 0.5) is 5.69 Å². The normalized spacial score (nSPS) is 26.2. The van der Waals surface area contributed by atoms with E-state index in [4.69, 9.17) is 4.74 Å². The summed E-state index contributed by atoms with van der Waals surface area (Å²) in [7, 11) is 0. The van der Waals surface area contributed by atoms with Gasteiger partial charge in [0.1, 0.15) is 0 Å². The third kappa shape index (κ3) is 3.48. The van der Waals surface area contributed by atoms with E-state index in [1.807, 2.05) is 12.1 Å². The van der Waals surface area contributed by atoms with Crippen LogP contribution in [0, 0.1) is 11.3 Å². The molecular weight excluding hydrogens is 302 g/mol. The van der Waals surface area contributed by atoms with Crippen LogP contribution in [0.3, 0.4) is 0 Å². The summed E-state index contributed by atoms with van der Waals surface area (Å²) >= 11 is 0. The highest BCUT2D eigenvalue weighted by molar-refractivity contribution is 5.95. The number of rotatable bonds is 4. The van der Waals surface area contributed by atoms with E-state index < -0.39 is 0 Å². The van der Waals surface area contributed by atoms with E-state index in [-0.39, 0.29) is 11.8 Å². The molecule has 0 aromatic heterocycles. The van der Waals surface area contributed by atoms with Gasteiger partial charge in [-0.25, -0.2) is 0 Å². The van der Waals surface area contributed by atoms with Gasteiger partial charge in [0.15, 0.2) is 0 Å². The van der Waals surface area contributed by atoms with Gasteiger partial charge in [0.25, 0.3) is 0 Å². The van der Waals surface area contributed by atoms with Gasteiger partial charge >= 0.3 is 0 Å². The van der Waals surface area contributed by atoms with Gasteiger partial charge in [-0.15, -0.1) is 0 Å². The van der Waals surface area contributed by atoms with Crippen molar-refractivity contribution in [3.05, 3.63) is 29.8 Å². The molecule has 2 aliphatic heterocycles. The fourth-order valence-electron chi connectivity index (χ4n) is 4.14. The highest BCUT2D eigenvalue weighted by Gasteiger charge is 2.57. The molecule has 0 radical (unpaired) electrons. The molecule has 24 heavy (non-hydrogen) atoms. The highest BCUT2D eigenvalue weighted by Crippen LogP contribution is 2.58. The number of anilines is 1. The third-order valence-corrected chi connectivity index (χ3v) is 5.84. The van der Waals surface area contributed by atoms with Gasteiger partial charge < -0.3 is 15.4 Å². The number of morpholine rings is 1. The first-order valence-corrected chi connectivity index (χ1v) is 9.16. The van der Waals surface area contributed by atoms with Crippen LogP contribution in [0.5, 0.6) is 0 Å². The van der Waals surface area contributed by atoms with Crippen LogP contribution < -0.4 is 10.6 Å². The first kappa shape index (κ1) is 16.1. The Labute approximate surface area is 143 Å². The molecule has 1 saturated carbocycles. The van der Waals surface area contributed by atoms with Crippen LogP contribution in [0.15, 0.2) is 24.3 Å². The Bertz CT molecular complexity index is 575. The van der Waals surface area contributed by atoms with Crippen molar-refractivity contribution in [2.75, 3.05) is 44.7 Å². The summed E-state index contributed by atoms with van der Waals surface area (Å²) < 4.78 is 5.38. The average molecular weight is 329 g/mol. The molecule has 4 rings (SSSR count). The molecule has 1 aromatic rings. The monoisotopic (exact) mass is 329 g/mol. The van der Waals surface area contributed by atoms with Crippen molar-refractivity contribution >= 4 is 11.6 Å². The van der Waals surface area contributed by atoms with Gasteiger partial charge in [0.05, 0.1) is 13.2 Å². The zero-order chi connectivity index (χ0) is 16.4. The summed E-state index contributed by atoms with van der Waals surface area (Å²) in [5.41, 5.74) is 2.50. The smallest absolute Gasteiger partial charge is 0.228 e. The number of benzene rings is 1. The maximum atomic E-state index is 12.5. The molecule has 5 heteroatoms. The largest absolute Gasteiger partial charge is 0.379 e. The zero-order valence-electron chi connectivity index (χ0n) is 14.2. The number of amides is 1. The highest BCUT2D eigenvalue weighted by atomic mass is 16.5. The Kier molecular flexibility index (Phi) is 4.57. The number of nitrogens with zero attached hydrogens (tertiary/aromatic N) is 1. The number of nitrogens with one attached hydrogen (secondary N) is 2. The van der Waals surface area contributed by atoms with Crippen molar-refractivity contribution in [2.24, 2.45) is 11.3 Å². The lowest BCUT2D eigenvalue weighted by Gasteiger charge is -2.26. The molecular formula is C19H27N3O2. The Hall–Kier alpha value is -1.43. The van der Waals surface area contributed by atoms with E-state index in [0.29, 0.717) is 5.41 Å². The van der Waals surface area contributed by atoms with E-state index >= 15 is 0 Å². The van der Waals surface area contributed by atoms with Gasteiger partial charge in [-0.05, 0) is 55.5 Å². The van der Waals surface area contributed by atoms with Crippen LogP contribution in [0.1, 0.15) is 24.8 Å². The van der Waals surface area contributed by atoms with Crippen LogP contribution in [0.25, 0.3) is 0 Å². The van der Waals surface area contributed by atoms with Gasteiger partial charge in [0, 0.05) is 31.2 Å². The van der Waals surface area contributed by atoms with Crippen LogP contribution in [-0.4, -0.2) is 50.2 Å². The second-order valence-electron chi connectivity index (χ2n) is 7.44. The van der Waals surface area contributed by atoms with E-state index in [1.54, 1.807) is 0 Å².